The van der Waals surface area contributed by atoms with Crippen LogP contribution in [0.3, 0.4) is 0 Å². The van der Waals surface area contributed by atoms with Gasteiger partial charge >= 0.3 is 0 Å². The summed E-state index contributed by atoms with van der Waals surface area (Å²) in [7, 11) is 0. The van der Waals surface area contributed by atoms with Crippen molar-refractivity contribution in [2.75, 3.05) is 19.7 Å². The van der Waals surface area contributed by atoms with Crippen LogP contribution in [0.5, 0.6) is 0 Å². The first-order valence-corrected chi connectivity index (χ1v) is 8.36. The quantitative estimate of drug-likeness (QED) is 0.812. The van der Waals surface area contributed by atoms with E-state index in [1.807, 2.05) is 0 Å². The van der Waals surface area contributed by atoms with Gasteiger partial charge in [0, 0.05) is 19.2 Å². The third-order valence-corrected chi connectivity index (χ3v) is 4.52. The molecule has 2 N–H and O–H groups in total. The van der Waals surface area contributed by atoms with Gasteiger partial charge in [-0.3, -0.25) is 4.90 Å². The number of hydrogen-bond acceptors (Lipinski definition) is 3. The number of likely N-dealkylation sites (tertiary alicyclic amines) is 1. The van der Waals surface area contributed by atoms with Gasteiger partial charge in [-0.1, -0.05) is 44.0 Å². The number of β-amino-alcohol motifs (C(OH)–C–C–N with tert-alkyl or cyclic N) is 1. The van der Waals surface area contributed by atoms with Crippen molar-refractivity contribution in [3.8, 4) is 0 Å². The molecule has 0 aromatic heterocycles. The molecule has 2 atom stereocenters. The van der Waals surface area contributed by atoms with Gasteiger partial charge in [-0.2, -0.15) is 0 Å². The van der Waals surface area contributed by atoms with Crippen LogP contribution in [-0.2, 0) is 6.42 Å². The summed E-state index contributed by atoms with van der Waals surface area (Å²) in [5, 5.41) is 19.7. The van der Waals surface area contributed by atoms with Crippen LogP contribution in [-0.4, -0.2) is 40.9 Å². The maximum Gasteiger partial charge on any atom is 0.0917 e. The molecule has 3 heteroatoms. The topological polar surface area (TPSA) is 43.7 Å². The van der Waals surface area contributed by atoms with Crippen LogP contribution in [0.4, 0.5) is 0 Å². The van der Waals surface area contributed by atoms with E-state index in [-0.39, 0.29) is 6.61 Å². The van der Waals surface area contributed by atoms with Crippen LogP contribution in [0.2, 0.25) is 0 Å². The lowest BCUT2D eigenvalue weighted by Gasteiger charge is -2.36. The average molecular weight is 291 g/mol. The molecule has 0 spiro atoms. The van der Waals surface area contributed by atoms with Gasteiger partial charge in [0.2, 0.25) is 0 Å². The summed E-state index contributed by atoms with van der Waals surface area (Å²) in [6, 6.07) is 8.80. The minimum absolute atomic E-state index is 0.239. The van der Waals surface area contributed by atoms with Gasteiger partial charge in [-0.25, -0.2) is 0 Å². The zero-order chi connectivity index (χ0) is 15.1. The maximum atomic E-state index is 10.5. The molecule has 0 aliphatic carbocycles. The first-order valence-electron chi connectivity index (χ1n) is 8.36. The molecule has 2 unspecified atom stereocenters. The highest BCUT2D eigenvalue weighted by Gasteiger charge is 2.24. The van der Waals surface area contributed by atoms with E-state index in [0.717, 1.165) is 37.8 Å². The van der Waals surface area contributed by atoms with Gasteiger partial charge in [0.1, 0.15) is 0 Å². The molecule has 1 aromatic rings. The van der Waals surface area contributed by atoms with Crippen molar-refractivity contribution < 1.29 is 10.2 Å². The Balaban J connectivity index is 1.93. The number of benzene rings is 1. The lowest BCUT2D eigenvalue weighted by Crippen LogP contribution is -2.42. The van der Waals surface area contributed by atoms with E-state index < -0.39 is 6.10 Å². The van der Waals surface area contributed by atoms with E-state index >= 15 is 0 Å². The van der Waals surface area contributed by atoms with Crippen LogP contribution in [0.1, 0.15) is 56.3 Å². The van der Waals surface area contributed by atoms with E-state index in [4.69, 9.17) is 0 Å². The molecule has 21 heavy (non-hydrogen) atoms. The number of piperidine rings is 1. The van der Waals surface area contributed by atoms with E-state index in [2.05, 4.69) is 36.1 Å². The fourth-order valence-corrected chi connectivity index (χ4v) is 3.30. The molecular formula is C18H29NO2. The average Bonchev–Trinajstić information content (AvgIpc) is 2.50. The lowest BCUT2D eigenvalue weighted by molar-refractivity contribution is 0.0565. The highest BCUT2D eigenvalue weighted by molar-refractivity contribution is 5.24. The zero-order valence-corrected chi connectivity index (χ0v) is 13.2. The number of nitrogens with zero attached hydrogens (tertiary/aromatic N) is 1. The van der Waals surface area contributed by atoms with E-state index in [1.165, 1.54) is 18.4 Å². The molecule has 0 bridgehead atoms. The Labute approximate surface area is 128 Å². The highest BCUT2D eigenvalue weighted by Crippen LogP contribution is 2.23. The minimum Gasteiger partial charge on any atom is -0.396 e. The van der Waals surface area contributed by atoms with Gasteiger partial charge in [0.15, 0.2) is 0 Å². The Kier molecular flexibility index (Phi) is 6.68. The number of aliphatic hydroxyl groups is 2. The van der Waals surface area contributed by atoms with Gasteiger partial charge < -0.3 is 10.2 Å². The fraction of sp³-hybridized carbons (Fsp3) is 0.667. The number of aryl methyl sites for hydroxylation is 1. The molecule has 0 amide bonds. The van der Waals surface area contributed by atoms with Gasteiger partial charge in [0.05, 0.1) is 6.10 Å². The Bertz CT molecular complexity index is 402. The smallest absolute Gasteiger partial charge is 0.0917 e. The highest BCUT2D eigenvalue weighted by atomic mass is 16.3. The molecule has 1 aliphatic heterocycles. The molecule has 0 radical (unpaired) electrons. The van der Waals surface area contributed by atoms with E-state index in [0.29, 0.717) is 12.6 Å². The predicted octanol–water partition coefficient (Wildman–Crippen LogP) is 2.91. The molecule has 0 saturated carbocycles. The lowest BCUT2D eigenvalue weighted by atomic mass is 9.98. The first kappa shape index (κ1) is 16.5. The summed E-state index contributed by atoms with van der Waals surface area (Å²) < 4.78 is 0. The Hall–Kier alpha value is -0.900. The van der Waals surface area contributed by atoms with Crippen molar-refractivity contribution in [2.45, 2.75) is 57.6 Å². The van der Waals surface area contributed by atoms with E-state index in [9.17, 15) is 10.2 Å². The standard InChI is InChI=1S/C18H29NO2/c1-2-5-15-7-9-16(10-8-15)18(21)14-19-12-4-3-6-17(19)11-13-20/h7-10,17-18,20-21H,2-6,11-14H2,1H3. The second kappa shape index (κ2) is 8.52. The third-order valence-electron chi connectivity index (χ3n) is 4.52. The molecule has 1 aliphatic rings. The summed E-state index contributed by atoms with van der Waals surface area (Å²) in [4.78, 5) is 2.35. The summed E-state index contributed by atoms with van der Waals surface area (Å²) in [5.74, 6) is 0. The zero-order valence-electron chi connectivity index (χ0n) is 13.2. The van der Waals surface area contributed by atoms with Crippen LogP contribution in [0.25, 0.3) is 0 Å². The molecule has 1 fully saturated rings. The molecule has 118 valence electrons. The van der Waals surface area contributed by atoms with Gasteiger partial charge in [-0.15, -0.1) is 0 Å². The molecule has 1 heterocycles. The van der Waals surface area contributed by atoms with Gasteiger partial charge in [0.25, 0.3) is 0 Å². The van der Waals surface area contributed by atoms with Crippen molar-refractivity contribution in [3.05, 3.63) is 35.4 Å². The van der Waals surface area contributed by atoms with Crippen LogP contribution in [0.15, 0.2) is 24.3 Å². The fourth-order valence-electron chi connectivity index (χ4n) is 3.30. The summed E-state index contributed by atoms with van der Waals surface area (Å²) >= 11 is 0. The van der Waals surface area contributed by atoms with E-state index in [1.54, 1.807) is 0 Å². The summed E-state index contributed by atoms with van der Waals surface area (Å²) in [6.45, 7) is 4.14. The minimum atomic E-state index is -0.431. The normalized spacial score (nSPS) is 21.4. The third kappa shape index (κ3) is 4.80. The van der Waals surface area contributed by atoms with Crippen molar-refractivity contribution in [1.82, 2.24) is 4.90 Å². The maximum absolute atomic E-state index is 10.5. The van der Waals surface area contributed by atoms with Crippen LogP contribution < -0.4 is 0 Å². The number of aliphatic hydroxyl groups excluding tert-OH is 2. The molecule has 1 aromatic carbocycles. The van der Waals surface area contributed by atoms with Gasteiger partial charge in [-0.05, 0) is 43.4 Å². The molecular weight excluding hydrogens is 262 g/mol. The Morgan fingerprint density at radius 2 is 2.00 bits per heavy atom. The number of rotatable bonds is 7. The first-order chi connectivity index (χ1) is 10.2. The second-order valence-corrected chi connectivity index (χ2v) is 6.16. The second-order valence-electron chi connectivity index (χ2n) is 6.16. The van der Waals surface area contributed by atoms with Crippen molar-refractivity contribution in [1.29, 1.82) is 0 Å². The predicted molar refractivity (Wildman–Crippen MR) is 86.3 cm³/mol. The van der Waals surface area contributed by atoms with Crippen molar-refractivity contribution in [3.63, 3.8) is 0 Å². The molecule has 1 saturated heterocycles. The SMILES string of the molecule is CCCc1ccc(C(O)CN2CCCCC2CCO)cc1. The van der Waals surface area contributed by atoms with Crippen LogP contribution >= 0.6 is 0 Å². The monoisotopic (exact) mass is 291 g/mol. The Morgan fingerprint density at radius 3 is 2.67 bits per heavy atom. The molecule has 2 rings (SSSR count). The van der Waals surface area contributed by atoms with Crippen LogP contribution in [0, 0.1) is 0 Å². The van der Waals surface area contributed by atoms with Crippen molar-refractivity contribution >= 4 is 0 Å². The number of hydrogen-bond donors (Lipinski definition) is 2. The summed E-state index contributed by atoms with van der Waals surface area (Å²) in [6.07, 6.45) is 6.22. The molecule has 3 nitrogen and oxygen atoms in total. The Morgan fingerprint density at radius 1 is 1.24 bits per heavy atom. The largest absolute Gasteiger partial charge is 0.396 e. The van der Waals surface area contributed by atoms with Crippen molar-refractivity contribution in [2.24, 2.45) is 0 Å². The summed E-state index contributed by atoms with van der Waals surface area (Å²) in [5.41, 5.74) is 2.34.